The first-order valence-electron chi connectivity index (χ1n) is 9.25. The Balaban J connectivity index is 1.54. The number of imidazole rings is 1. The molecular weight excluding hydrogens is 298 g/mol. The van der Waals surface area contributed by atoms with E-state index in [2.05, 4.69) is 16.5 Å². The lowest BCUT2D eigenvalue weighted by Gasteiger charge is -2.26. The standard InChI is InChI=1S/C20H27N3O/c1-22-17-11-6-5-10-16(17)21-20(22)18-12-7-13-23(18)14-19(24)15-8-3-2-4-9-15/h2-4,8-9,18-19,24H,5-7,10-14H2,1H3/t18-,19+/m1/s1. The molecule has 4 heteroatoms. The number of benzene rings is 1. The lowest BCUT2D eigenvalue weighted by molar-refractivity contribution is 0.103. The molecule has 1 aromatic heterocycles. The molecule has 1 saturated heterocycles. The summed E-state index contributed by atoms with van der Waals surface area (Å²) in [5, 5.41) is 10.6. The number of aliphatic hydroxyl groups excluding tert-OH is 1. The molecule has 0 radical (unpaired) electrons. The zero-order valence-corrected chi connectivity index (χ0v) is 14.5. The monoisotopic (exact) mass is 325 g/mol. The van der Waals surface area contributed by atoms with Gasteiger partial charge in [0.15, 0.2) is 0 Å². The van der Waals surface area contributed by atoms with Crippen molar-refractivity contribution in [2.75, 3.05) is 13.1 Å². The zero-order valence-electron chi connectivity index (χ0n) is 14.5. The smallest absolute Gasteiger partial charge is 0.126 e. The first-order chi connectivity index (χ1) is 11.7. The maximum absolute atomic E-state index is 10.6. The second-order valence-corrected chi connectivity index (χ2v) is 7.21. The number of fused-ring (bicyclic) bond motifs is 1. The second-order valence-electron chi connectivity index (χ2n) is 7.21. The molecule has 1 aromatic carbocycles. The Labute approximate surface area is 144 Å². The highest BCUT2D eigenvalue weighted by Gasteiger charge is 2.32. The minimum Gasteiger partial charge on any atom is -0.387 e. The highest BCUT2D eigenvalue weighted by Crippen LogP contribution is 2.35. The molecule has 0 saturated carbocycles. The summed E-state index contributed by atoms with van der Waals surface area (Å²) in [6.07, 6.45) is 6.74. The van der Waals surface area contributed by atoms with E-state index in [-0.39, 0.29) is 0 Å². The summed E-state index contributed by atoms with van der Waals surface area (Å²) < 4.78 is 2.34. The van der Waals surface area contributed by atoms with Crippen molar-refractivity contribution in [3.63, 3.8) is 0 Å². The van der Waals surface area contributed by atoms with Gasteiger partial charge in [-0.2, -0.15) is 0 Å². The van der Waals surface area contributed by atoms with Crippen molar-refractivity contribution < 1.29 is 5.11 Å². The molecule has 1 fully saturated rings. The Bertz CT molecular complexity index is 694. The van der Waals surface area contributed by atoms with E-state index in [1.54, 1.807) is 0 Å². The zero-order chi connectivity index (χ0) is 16.5. The number of hydrogen-bond donors (Lipinski definition) is 1. The summed E-state index contributed by atoms with van der Waals surface area (Å²) in [5.74, 6) is 1.21. The lowest BCUT2D eigenvalue weighted by Crippen LogP contribution is -2.30. The minimum absolute atomic E-state index is 0.346. The predicted octanol–water partition coefficient (Wildman–Crippen LogP) is 3.17. The van der Waals surface area contributed by atoms with E-state index in [1.165, 1.54) is 36.5 Å². The maximum atomic E-state index is 10.6. The highest BCUT2D eigenvalue weighted by molar-refractivity contribution is 5.22. The van der Waals surface area contributed by atoms with Crippen LogP contribution >= 0.6 is 0 Å². The predicted molar refractivity (Wildman–Crippen MR) is 94.8 cm³/mol. The number of aromatic nitrogens is 2. The summed E-state index contributed by atoms with van der Waals surface area (Å²) in [7, 11) is 2.18. The average molecular weight is 325 g/mol. The van der Waals surface area contributed by atoms with Gasteiger partial charge in [-0.1, -0.05) is 30.3 Å². The van der Waals surface area contributed by atoms with Crippen LogP contribution in [0.2, 0.25) is 0 Å². The summed E-state index contributed by atoms with van der Waals surface area (Å²) in [4.78, 5) is 7.42. The van der Waals surface area contributed by atoms with E-state index in [0.29, 0.717) is 12.6 Å². The van der Waals surface area contributed by atoms with Gasteiger partial charge in [0.05, 0.1) is 17.8 Å². The van der Waals surface area contributed by atoms with Crippen LogP contribution in [0.1, 0.15) is 60.6 Å². The molecule has 0 spiro atoms. The first kappa shape index (κ1) is 15.9. The van der Waals surface area contributed by atoms with Crippen LogP contribution in [0.5, 0.6) is 0 Å². The molecule has 2 aromatic rings. The van der Waals surface area contributed by atoms with Crippen molar-refractivity contribution in [2.24, 2.45) is 7.05 Å². The average Bonchev–Trinajstić information content (AvgIpc) is 3.20. The molecule has 0 amide bonds. The normalized spacial score (nSPS) is 22.5. The number of nitrogens with zero attached hydrogens (tertiary/aromatic N) is 3. The maximum Gasteiger partial charge on any atom is 0.126 e. The van der Waals surface area contributed by atoms with E-state index in [1.807, 2.05) is 30.3 Å². The van der Waals surface area contributed by atoms with Gasteiger partial charge in [-0.05, 0) is 50.6 Å². The van der Waals surface area contributed by atoms with Gasteiger partial charge < -0.3 is 9.67 Å². The van der Waals surface area contributed by atoms with Gasteiger partial charge in [-0.15, -0.1) is 0 Å². The Morgan fingerprint density at radius 1 is 1.17 bits per heavy atom. The highest BCUT2D eigenvalue weighted by atomic mass is 16.3. The van der Waals surface area contributed by atoms with Crippen LogP contribution in [0.4, 0.5) is 0 Å². The summed E-state index contributed by atoms with van der Waals surface area (Å²) in [6, 6.07) is 10.3. The quantitative estimate of drug-likeness (QED) is 0.939. The molecule has 128 valence electrons. The molecule has 0 bridgehead atoms. The Hall–Kier alpha value is -1.65. The fraction of sp³-hybridized carbons (Fsp3) is 0.550. The first-order valence-corrected chi connectivity index (χ1v) is 9.25. The van der Waals surface area contributed by atoms with Crippen LogP contribution < -0.4 is 0 Å². The molecule has 4 rings (SSSR count). The third-order valence-electron chi connectivity index (χ3n) is 5.66. The number of rotatable bonds is 4. The van der Waals surface area contributed by atoms with Crippen LogP contribution in [0, 0.1) is 0 Å². The molecule has 2 aliphatic rings. The van der Waals surface area contributed by atoms with E-state index in [0.717, 1.165) is 31.4 Å². The van der Waals surface area contributed by atoms with Crippen molar-refractivity contribution in [3.05, 3.63) is 53.1 Å². The van der Waals surface area contributed by atoms with Crippen LogP contribution in [-0.2, 0) is 19.9 Å². The number of β-amino-alcohol motifs (C(OH)–C–C–N with tert-alkyl or cyclic N) is 1. The molecule has 0 unspecified atom stereocenters. The van der Waals surface area contributed by atoms with E-state index in [4.69, 9.17) is 4.98 Å². The van der Waals surface area contributed by atoms with E-state index < -0.39 is 6.10 Å². The van der Waals surface area contributed by atoms with Crippen LogP contribution in [0.25, 0.3) is 0 Å². The van der Waals surface area contributed by atoms with Gasteiger partial charge in [-0.3, -0.25) is 4.90 Å². The van der Waals surface area contributed by atoms with E-state index >= 15 is 0 Å². The van der Waals surface area contributed by atoms with Crippen LogP contribution in [-0.4, -0.2) is 32.6 Å². The van der Waals surface area contributed by atoms with E-state index in [9.17, 15) is 5.11 Å². The van der Waals surface area contributed by atoms with Gasteiger partial charge in [0.1, 0.15) is 5.82 Å². The van der Waals surface area contributed by atoms with Crippen LogP contribution in [0.3, 0.4) is 0 Å². The number of aryl methyl sites for hydroxylation is 1. The topological polar surface area (TPSA) is 41.3 Å². The fourth-order valence-corrected chi connectivity index (χ4v) is 4.34. The summed E-state index contributed by atoms with van der Waals surface area (Å²) >= 11 is 0. The van der Waals surface area contributed by atoms with Crippen molar-refractivity contribution in [2.45, 2.75) is 50.7 Å². The Morgan fingerprint density at radius 3 is 2.75 bits per heavy atom. The van der Waals surface area contributed by atoms with Crippen molar-refractivity contribution in [1.82, 2.24) is 14.5 Å². The van der Waals surface area contributed by atoms with Crippen LogP contribution in [0.15, 0.2) is 30.3 Å². The van der Waals surface area contributed by atoms with Gasteiger partial charge >= 0.3 is 0 Å². The second kappa shape index (κ2) is 6.69. The molecule has 1 aliphatic heterocycles. The molecule has 2 heterocycles. The largest absolute Gasteiger partial charge is 0.387 e. The SMILES string of the molecule is Cn1c([C@H]2CCCN2C[C@H](O)c2ccccc2)nc2c1CCCC2. The molecule has 4 nitrogen and oxygen atoms in total. The van der Waals surface area contributed by atoms with Crippen molar-refractivity contribution in [1.29, 1.82) is 0 Å². The Kier molecular flexibility index (Phi) is 4.42. The van der Waals surface area contributed by atoms with Gasteiger partial charge in [0.2, 0.25) is 0 Å². The lowest BCUT2D eigenvalue weighted by atomic mass is 10.0. The summed E-state index contributed by atoms with van der Waals surface area (Å²) in [5.41, 5.74) is 3.75. The number of likely N-dealkylation sites (tertiary alicyclic amines) is 1. The fourth-order valence-electron chi connectivity index (χ4n) is 4.34. The number of aliphatic hydroxyl groups is 1. The molecule has 2 atom stereocenters. The van der Waals surface area contributed by atoms with Gasteiger partial charge in [-0.25, -0.2) is 4.98 Å². The van der Waals surface area contributed by atoms with Gasteiger partial charge in [0, 0.05) is 19.3 Å². The third kappa shape index (κ3) is 2.89. The molecule has 1 N–H and O–H groups in total. The molecule has 24 heavy (non-hydrogen) atoms. The van der Waals surface area contributed by atoms with Gasteiger partial charge in [0.25, 0.3) is 0 Å². The minimum atomic E-state index is -0.429. The van der Waals surface area contributed by atoms with Crippen molar-refractivity contribution >= 4 is 0 Å². The number of hydrogen-bond acceptors (Lipinski definition) is 3. The third-order valence-corrected chi connectivity index (χ3v) is 5.66. The molecular formula is C20H27N3O. The van der Waals surface area contributed by atoms with Crippen molar-refractivity contribution in [3.8, 4) is 0 Å². The summed E-state index contributed by atoms with van der Waals surface area (Å²) in [6.45, 7) is 1.73. The molecule has 1 aliphatic carbocycles. The Morgan fingerprint density at radius 2 is 1.96 bits per heavy atom.